The summed E-state index contributed by atoms with van der Waals surface area (Å²) in [4.78, 5) is 22.7. The maximum Gasteiger partial charge on any atom is 0.272 e. The molecule has 1 saturated heterocycles. The summed E-state index contributed by atoms with van der Waals surface area (Å²) in [5.41, 5.74) is 1.44. The van der Waals surface area contributed by atoms with Crippen LogP contribution >= 0.6 is 11.8 Å². The van der Waals surface area contributed by atoms with E-state index in [1.54, 1.807) is 24.4 Å². The minimum atomic E-state index is -0.466. The van der Waals surface area contributed by atoms with Crippen molar-refractivity contribution in [1.29, 1.82) is 0 Å². The molecule has 1 amide bonds. The van der Waals surface area contributed by atoms with Gasteiger partial charge in [-0.25, -0.2) is 0 Å². The largest absolute Gasteiger partial charge is 0.303 e. The molecule has 1 fully saturated rings. The molecular formula is C17H14N4O3S. The molecule has 7 nitrogen and oxygen atoms in total. The number of nitrogens with zero attached hydrogens (tertiary/aromatic N) is 3. The first-order chi connectivity index (χ1) is 12.1. The molecule has 1 heterocycles. The van der Waals surface area contributed by atoms with Crippen LogP contribution in [0.5, 0.6) is 0 Å². The summed E-state index contributed by atoms with van der Waals surface area (Å²) in [6, 6.07) is 15.9. The lowest BCUT2D eigenvalue weighted by atomic mass is 10.1. The Bertz CT molecular complexity index is 852. The number of amides is 1. The smallest absolute Gasteiger partial charge is 0.272 e. The van der Waals surface area contributed by atoms with Crippen molar-refractivity contribution < 1.29 is 9.72 Å². The van der Waals surface area contributed by atoms with E-state index in [4.69, 9.17) is 0 Å². The molecule has 0 aliphatic carbocycles. The summed E-state index contributed by atoms with van der Waals surface area (Å²) in [6.07, 6.45) is 1.85. The number of nitro benzene ring substituents is 1. The van der Waals surface area contributed by atoms with Gasteiger partial charge in [0.05, 0.1) is 16.4 Å². The Labute approximate surface area is 148 Å². The van der Waals surface area contributed by atoms with E-state index in [-0.39, 0.29) is 18.0 Å². The predicted molar refractivity (Wildman–Crippen MR) is 97.8 cm³/mol. The number of nitrogens with one attached hydrogen (secondary N) is 1. The quantitative estimate of drug-likeness (QED) is 0.507. The van der Waals surface area contributed by atoms with Crippen LogP contribution in [0.25, 0.3) is 0 Å². The number of benzene rings is 2. The molecule has 1 N–H and O–H groups in total. The number of hydrogen-bond donors (Lipinski definition) is 1. The summed E-state index contributed by atoms with van der Waals surface area (Å²) in [7, 11) is 0. The van der Waals surface area contributed by atoms with E-state index in [9.17, 15) is 14.9 Å². The molecule has 3 rings (SSSR count). The van der Waals surface area contributed by atoms with Crippen molar-refractivity contribution in [2.75, 3.05) is 0 Å². The number of nitro groups is 1. The van der Waals surface area contributed by atoms with Gasteiger partial charge in [0.2, 0.25) is 5.91 Å². The summed E-state index contributed by atoms with van der Waals surface area (Å²) >= 11 is 1.22. The fourth-order valence-corrected chi connectivity index (χ4v) is 3.29. The standard InChI is InChI=1S/C17H14N4O3S/c22-16-15(10-13-8-4-5-9-14(13)21(23)24)25-17(19-16)20-18-11-12-6-2-1-3-7-12/h1-9,11,15H,10H2,(H,19,20,22)/b18-11+. The second-order valence-corrected chi connectivity index (χ2v) is 6.44. The summed E-state index contributed by atoms with van der Waals surface area (Å²) in [6.45, 7) is 0. The Morgan fingerprint density at radius 2 is 1.88 bits per heavy atom. The third kappa shape index (κ3) is 4.30. The van der Waals surface area contributed by atoms with Crippen molar-refractivity contribution in [3.8, 4) is 0 Å². The van der Waals surface area contributed by atoms with Gasteiger partial charge >= 0.3 is 0 Å². The number of carbonyl (C=O) groups excluding carboxylic acids is 1. The van der Waals surface area contributed by atoms with Crippen LogP contribution in [0.4, 0.5) is 5.69 Å². The lowest BCUT2D eigenvalue weighted by Crippen LogP contribution is -2.26. The first-order valence-corrected chi connectivity index (χ1v) is 8.37. The van der Waals surface area contributed by atoms with Crippen LogP contribution in [-0.4, -0.2) is 27.5 Å². The van der Waals surface area contributed by atoms with E-state index < -0.39 is 10.2 Å². The maximum absolute atomic E-state index is 12.1. The summed E-state index contributed by atoms with van der Waals surface area (Å²) < 4.78 is 0. The van der Waals surface area contributed by atoms with Gasteiger partial charge in [0, 0.05) is 18.1 Å². The van der Waals surface area contributed by atoms with Crippen LogP contribution in [-0.2, 0) is 11.2 Å². The van der Waals surface area contributed by atoms with Gasteiger partial charge in [-0.05, 0) is 5.56 Å². The molecule has 2 aromatic carbocycles. The van der Waals surface area contributed by atoms with E-state index in [1.165, 1.54) is 17.8 Å². The van der Waals surface area contributed by atoms with Crippen LogP contribution < -0.4 is 5.32 Å². The molecule has 0 radical (unpaired) electrons. The topological polar surface area (TPSA) is 97.0 Å². The van der Waals surface area contributed by atoms with E-state index in [1.807, 2.05) is 30.3 Å². The lowest BCUT2D eigenvalue weighted by Gasteiger charge is -2.05. The predicted octanol–water partition coefficient (Wildman–Crippen LogP) is 2.76. The molecule has 2 aromatic rings. The second kappa shape index (κ2) is 7.71. The van der Waals surface area contributed by atoms with Crippen LogP contribution in [0.2, 0.25) is 0 Å². The third-order valence-electron chi connectivity index (χ3n) is 3.53. The molecule has 0 spiro atoms. The highest BCUT2D eigenvalue weighted by Gasteiger charge is 2.32. The van der Waals surface area contributed by atoms with E-state index in [0.717, 1.165) is 5.56 Å². The molecule has 0 saturated carbocycles. The van der Waals surface area contributed by atoms with Gasteiger partial charge in [-0.3, -0.25) is 14.9 Å². The third-order valence-corrected chi connectivity index (χ3v) is 4.60. The Hall–Kier alpha value is -3.00. The van der Waals surface area contributed by atoms with E-state index in [0.29, 0.717) is 10.7 Å². The SMILES string of the molecule is O=C1NC(=N/N=C/c2ccccc2)SC1Cc1ccccc1[N+](=O)[O-]. The van der Waals surface area contributed by atoms with Gasteiger partial charge in [0.25, 0.3) is 5.69 Å². The Morgan fingerprint density at radius 3 is 2.64 bits per heavy atom. The van der Waals surface area contributed by atoms with Gasteiger partial charge in [0.1, 0.15) is 0 Å². The fourth-order valence-electron chi connectivity index (χ4n) is 2.33. The number of rotatable bonds is 5. The van der Waals surface area contributed by atoms with Crippen LogP contribution in [0.1, 0.15) is 11.1 Å². The normalized spacial score (nSPS) is 18.6. The molecule has 126 valence electrons. The van der Waals surface area contributed by atoms with Gasteiger partial charge in [-0.15, -0.1) is 5.10 Å². The average Bonchev–Trinajstić information content (AvgIpc) is 2.96. The number of hydrogen-bond acceptors (Lipinski definition) is 6. The lowest BCUT2D eigenvalue weighted by molar-refractivity contribution is -0.385. The van der Waals surface area contributed by atoms with E-state index in [2.05, 4.69) is 15.5 Å². The highest BCUT2D eigenvalue weighted by molar-refractivity contribution is 8.15. The van der Waals surface area contributed by atoms with Crippen molar-refractivity contribution in [2.24, 2.45) is 10.2 Å². The van der Waals surface area contributed by atoms with Gasteiger partial charge in [0.15, 0.2) is 5.17 Å². The minimum absolute atomic E-state index is 0.0170. The minimum Gasteiger partial charge on any atom is -0.303 e. The monoisotopic (exact) mass is 354 g/mol. The van der Waals surface area contributed by atoms with Crippen LogP contribution in [0, 0.1) is 10.1 Å². The molecule has 0 aromatic heterocycles. The number of thioether (sulfide) groups is 1. The first-order valence-electron chi connectivity index (χ1n) is 7.49. The summed E-state index contributed by atoms with van der Waals surface area (Å²) in [5, 5.41) is 21.6. The van der Waals surface area contributed by atoms with Gasteiger partial charge in [-0.2, -0.15) is 5.10 Å². The fraction of sp³-hybridized carbons (Fsp3) is 0.118. The molecule has 25 heavy (non-hydrogen) atoms. The zero-order valence-electron chi connectivity index (χ0n) is 13.0. The second-order valence-electron chi connectivity index (χ2n) is 5.25. The molecule has 1 unspecified atom stereocenters. The maximum atomic E-state index is 12.1. The number of para-hydroxylation sites is 1. The molecule has 1 atom stereocenters. The van der Waals surface area contributed by atoms with Crippen molar-refractivity contribution in [3.05, 3.63) is 75.8 Å². The van der Waals surface area contributed by atoms with Crippen LogP contribution in [0.3, 0.4) is 0 Å². The number of carbonyl (C=O) groups is 1. The van der Waals surface area contributed by atoms with Crippen molar-refractivity contribution in [3.63, 3.8) is 0 Å². The molecule has 0 bridgehead atoms. The summed E-state index contributed by atoms with van der Waals surface area (Å²) in [5.74, 6) is -0.225. The average molecular weight is 354 g/mol. The van der Waals surface area contributed by atoms with Crippen molar-refractivity contribution in [1.82, 2.24) is 5.32 Å². The Balaban J connectivity index is 1.68. The van der Waals surface area contributed by atoms with Crippen molar-refractivity contribution >= 4 is 34.7 Å². The van der Waals surface area contributed by atoms with Gasteiger partial charge in [-0.1, -0.05) is 60.3 Å². The highest BCUT2D eigenvalue weighted by Crippen LogP contribution is 2.27. The zero-order chi connectivity index (χ0) is 17.6. The highest BCUT2D eigenvalue weighted by atomic mass is 32.2. The molecule has 1 aliphatic heterocycles. The van der Waals surface area contributed by atoms with Crippen molar-refractivity contribution in [2.45, 2.75) is 11.7 Å². The molecule has 1 aliphatic rings. The Morgan fingerprint density at radius 1 is 1.16 bits per heavy atom. The zero-order valence-corrected chi connectivity index (χ0v) is 13.8. The first kappa shape index (κ1) is 16.8. The number of amidine groups is 1. The van der Waals surface area contributed by atoms with Gasteiger partial charge < -0.3 is 5.32 Å². The van der Waals surface area contributed by atoms with Crippen LogP contribution in [0.15, 0.2) is 64.8 Å². The van der Waals surface area contributed by atoms with E-state index >= 15 is 0 Å². The Kier molecular flexibility index (Phi) is 5.20. The molecule has 8 heteroatoms. The molecular weight excluding hydrogens is 340 g/mol.